The Balaban J connectivity index is 1.66. The number of nitrogens with zero attached hydrogens (tertiary/aromatic N) is 3. The number of rotatable bonds is 4. The molecule has 2 N–H and O–H groups in total. The van der Waals surface area contributed by atoms with Gasteiger partial charge in [-0.05, 0) is 49.1 Å². The van der Waals surface area contributed by atoms with Crippen LogP contribution in [0.3, 0.4) is 0 Å². The molecular weight excluding hydrogens is 436 g/mol. The van der Waals surface area contributed by atoms with Crippen molar-refractivity contribution >= 4 is 27.3 Å². The number of H-pyrrole nitrogens is 1. The molecule has 160 valence electrons. The van der Waals surface area contributed by atoms with E-state index in [0.717, 1.165) is 16.8 Å². The largest absolute Gasteiger partial charge is 0.393 e. The number of aromatic nitrogens is 2. The smallest absolute Gasteiger partial charge is 0.244 e. The number of halogens is 1. The Kier molecular flexibility index (Phi) is 5.86. The second-order valence-electron chi connectivity index (χ2n) is 7.54. The van der Waals surface area contributed by atoms with Gasteiger partial charge in [-0.3, -0.25) is 0 Å². The van der Waals surface area contributed by atoms with E-state index in [9.17, 15) is 13.5 Å². The summed E-state index contributed by atoms with van der Waals surface area (Å²) < 4.78 is 27.6. The number of nitrogens with one attached hydrogen (secondary N) is 1. The molecule has 4 rings (SSSR count). The third-order valence-electron chi connectivity index (χ3n) is 5.45. The lowest BCUT2D eigenvalue weighted by Crippen LogP contribution is -2.40. The van der Waals surface area contributed by atoms with Gasteiger partial charge in [0.15, 0.2) is 5.69 Å². The predicted octanol–water partition coefficient (Wildman–Crippen LogP) is 4.40. The second kappa shape index (κ2) is 8.44. The van der Waals surface area contributed by atoms with Crippen molar-refractivity contribution in [1.29, 1.82) is 0 Å². The molecule has 7 nitrogen and oxygen atoms in total. The van der Waals surface area contributed by atoms with Gasteiger partial charge in [-0.2, -0.15) is 4.31 Å². The van der Waals surface area contributed by atoms with E-state index in [1.54, 1.807) is 24.4 Å². The van der Waals surface area contributed by atoms with E-state index in [1.807, 2.05) is 19.1 Å². The Labute approximate surface area is 186 Å². The average Bonchev–Trinajstić information content (AvgIpc) is 3.24. The van der Waals surface area contributed by atoms with Crippen molar-refractivity contribution in [2.24, 2.45) is 0 Å². The highest BCUT2D eigenvalue weighted by atomic mass is 35.5. The third kappa shape index (κ3) is 4.23. The first-order valence-corrected chi connectivity index (χ1v) is 11.6. The van der Waals surface area contributed by atoms with Gasteiger partial charge in [-0.25, -0.2) is 18.2 Å². The Hall–Kier alpha value is -2.70. The molecule has 0 atom stereocenters. The van der Waals surface area contributed by atoms with Gasteiger partial charge in [0, 0.05) is 18.7 Å². The van der Waals surface area contributed by atoms with Crippen LogP contribution < -0.4 is 0 Å². The van der Waals surface area contributed by atoms with Crippen LogP contribution in [0, 0.1) is 13.5 Å². The van der Waals surface area contributed by atoms with Crippen LogP contribution in [-0.2, 0) is 10.0 Å². The van der Waals surface area contributed by atoms with Crippen LogP contribution in [-0.4, -0.2) is 47.0 Å². The normalized spacial score (nSPS) is 15.7. The lowest BCUT2D eigenvalue weighted by Gasteiger charge is -2.29. The molecule has 9 heteroatoms. The number of imidazole rings is 1. The molecule has 0 radical (unpaired) electrons. The summed E-state index contributed by atoms with van der Waals surface area (Å²) in [6.07, 6.45) is 2.02. The first kappa shape index (κ1) is 21.5. The standard InChI is InChI=1S/C22H21ClN4O3S/c1-14-11-15(4-6-19(14)24-2)20-13-25-22(26-20)16-3-5-18(23)21(12-16)31(29,30)27-9-7-17(28)8-10-27/h3-6,11-13,17,28H,7-10H2,1H3,(H,25,26). The minimum atomic E-state index is -3.78. The molecule has 3 aromatic rings. The molecule has 1 saturated heterocycles. The van der Waals surface area contributed by atoms with Gasteiger partial charge >= 0.3 is 0 Å². The molecule has 2 heterocycles. The highest BCUT2D eigenvalue weighted by Gasteiger charge is 2.30. The molecule has 0 bridgehead atoms. The van der Waals surface area contributed by atoms with Gasteiger partial charge in [0.1, 0.15) is 10.7 Å². The Morgan fingerprint density at radius 1 is 1.19 bits per heavy atom. The fourth-order valence-corrected chi connectivity index (χ4v) is 5.60. The fourth-order valence-electron chi connectivity index (χ4n) is 3.63. The Bertz CT molecular complexity index is 1270. The van der Waals surface area contributed by atoms with Crippen molar-refractivity contribution < 1.29 is 13.5 Å². The number of hydrogen-bond acceptors (Lipinski definition) is 4. The molecule has 0 spiro atoms. The summed E-state index contributed by atoms with van der Waals surface area (Å²) in [5.74, 6) is 0.518. The minimum Gasteiger partial charge on any atom is -0.393 e. The van der Waals surface area contributed by atoms with Crippen LogP contribution in [0.4, 0.5) is 5.69 Å². The number of benzene rings is 2. The summed E-state index contributed by atoms with van der Waals surface area (Å²) in [7, 11) is -3.78. The number of hydrogen-bond donors (Lipinski definition) is 2. The SMILES string of the molecule is [C-]#[N+]c1ccc(-c2cnc(-c3ccc(Cl)c(S(=O)(=O)N4CCC(O)CC4)c3)[nH]2)cc1C. The lowest BCUT2D eigenvalue weighted by atomic mass is 10.1. The quantitative estimate of drug-likeness (QED) is 0.569. The van der Waals surface area contributed by atoms with Crippen LogP contribution >= 0.6 is 11.6 Å². The lowest BCUT2D eigenvalue weighted by molar-refractivity contribution is 0.113. The Morgan fingerprint density at radius 3 is 2.58 bits per heavy atom. The second-order valence-corrected chi connectivity index (χ2v) is 9.85. The van der Waals surface area contributed by atoms with Crippen molar-refractivity contribution in [3.63, 3.8) is 0 Å². The zero-order valence-corrected chi connectivity index (χ0v) is 18.4. The van der Waals surface area contributed by atoms with Crippen LogP contribution in [0.2, 0.25) is 5.02 Å². The van der Waals surface area contributed by atoms with Gasteiger partial charge < -0.3 is 10.1 Å². The molecule has 2 aromatic carbocycles. The van der Waals surface area contributed by atoms with Crippen molar-refractivity contribution in [2.45, 2.75) is 30.8 Å². The average molecular weight is 457 g/mol. The van der Waals surface area contributed by atoms with Gasteiger partial charge in [-0.15, -0.1) is 0 Å². The van der Waals surface area contributed by atoms with Crippen LogP contribution in [0.15, 0.2) is 47.5 Å². The molecule has 0 amide bonds. The van der Waals surface area contributed by atoms with E-state index in [-0.39, 0.29) is 23.0 Å². The number of piperidine rings is 1. The minimum absolute atomic E-state index is 0.0262. The van der Waals surface area contributed by atoms with Gasteiger partial charge in [0.2, 0.25) is 10.0 Å². The maximum absolute atomic E-state index is 13.1. The molecule has 31 heavy (non-hydrogen) atoms. The van der Waals surface area contributed by atoms with E-state index >= 15 is 0 Å². The molecule has 1 aliphatic rings. The number of aryl methyl sites for hydroxylation is 1. The molecule has 1 fully saturated rings. The number of sulfonamides is 1. The molecular formula is C22H21ClN4O3S. The van der Waals surface area contributed by atoms with Crippen LogP contribution in [0.5, 0.6) is 0 Å². The maximum atomic E-state index is 13.1. The summed E-state index contributed by atoms with van der Waals surface area (Å²) >= 11 is 6.25. The highest BCUT2D eigenvalue weighted by molar-refractivity contribution is 7.89. The zero-order valence-electron chi connectivity index (χ0n) is 16.8. The third-order valence-corrected chi connectivity index (χ3v) is 7.83. The fraction of sp³-hybridized carbons (Fsp3) is 0.273. The molecule has 0 saturated carbocycles. The highest BCUT2D eigenvalue weighted by Crippen LogP contribution is 2.32. The van der Waals surface area contributed by atoms with Crippen molar-refractivity contribution in [3.8, 4) is 22.6 Å². The van der Waals surface area contributed by atoms with Gasteiger partial charge in [0.25, 0.3) is 0 Å². The summed E-state index contributed by atoms with van der Waals surface area (Å²) in [5, 5.41) is 9.82. The van der Waals surface area contributed by atoms with Gasteiger partial charge in [-0.1, -0.05) is 29.8 Å². The summed E-state index contributed by atoms with van der Waals surface area (Å²) in [4.78, 5) is 11.1. The van der Waals surface area contributed by atoms with Crippen LogP contribution in [0.1, 0.15) is 18.4 Å². The first-order valence-electron chi connectivity index (χ1n) is 9.81. The predicted molar refractivity (Wildman–Crippen MR) is 119 cm³/mol. The Morgan fingerprint density at radius 2 is 1.90 bits per heavy atom. The molecule has 0 aliphatic carbocycles. The van der Waals surface area contributed by atoms with E-state index in [2.05, 4.69) is 14.8 Å². The zero-order chi connectivity index (χ0) is 22.2. The molecule has 1 aliphatic heterocycles. The van der Waals surface area contributed by atoms with Crippen molar-refractivity contribution in [2.75, 3.05) is 13.1 Å². The number of aromatic amines is 1. The topological polar surface area (TPSA) is 90.7 Å². The van der Waals surface area contributed by atoms with Crippen molar-refractivity contribution in [1.82, 2.24) is 14.3 Å². The van der Waals surface area contributed by atoms with E-state index < -0.39 is 16.1 Å². The van der Waals surface area contributed by atoms with E-state index in [4.69, 9.17) is 18.2 Å². The van der Waals surface area contributed by atoms with E-state index in [1.165, 1.54) is 10.4 Å². The number of aliphatic hydroxyl groups excluding tert-OH is 1. The van der Waals surface area contributed by atoms with Gasteiger partial charge in [0.05, 0.1) is 29.6 Å². The summed E-state index contributed by atoms with van der Waals surface area (Å²) in [6, 6.07) is 10.3. The van der Waals surface area contributed by atoms with E-state index in [0.29, 0.717) is 29.9 Å². The summed E-state index contributed by atoms with van der Waals surface area (Å²) in [6.45, 7) is 9.57. The van der Waals surface area contributed by atoms with Crippen molar-refractivity contribution in [3.05, 3.63) is 64.6 Å². The molecule has 0 unspecified atom stereocenters. The maximum Gasteiger partial charge on any atom is 0.244 e. The first-order chi connectivity index (χ1) is 14.8. The number of aliphatic hydroxyl groups is 1. The monoisotopic (exact) mass is 456 g/mol. The molecule has 1 aromatic heterocycles. The summed E-state index contributed by atoms with van der Waals surface area (Å²) in [5.41, 5.74) is 3.72. The van der Waals surface area contributed by atoms with Crippen LogP contribution in [0.25, 0.3) is 27.5 Å².